The molecule has 0 aliphatic carbocycles. The maximum atomic E-state index is 4.36. The second kappa shape index (κ2) is 7.13. The highest BCUT2D eigenvalue weighted by molar-refractivity contribution is 9.10. The summed E-state index contributed by atoms with van der Waals surface area (Å²) in [5.41, 5.74) is 4.26. The summed E-state index contributed by atoms with van der Waals surface area (Å²) >= 11 is 3.61. The summed E-state index contributed by atoms with van der Waals surface area (Å²) < 4.78 is 2.92. The summed E-state index contributed by atoms with van der Waals surface area (Å²) in [7, 11) is 1.97. The first kappa shape index (κ1) is 16.1. The maximum absolute atomic E-state index is 4.36. The Balaban J connectivity index is 2.53. The van der Waals surface area contributed by atoms with Crippen molar-refractivity contribution in [3.63, 3.8) is 0 Å². The van der Waals surface area contributed by atoms with Gasteiger partial charge >= 0.3 is 0 Å². The predicted octanol–water partition coefficient (Wildman–Crippen LogP) is 2.93. The molecule has 1 N–H and O–H groups in total. The number of halogens is 1. The van der Waals surface area contributed by atoms with Crippen LogP contribution in [0.15, 0.2) is 16.7 Å². The largest absolute Gasteiger partial charge is 0.305 e. The van der Waals surface area contributed by atoms with Gasteiger partial charge in [-0.15, -0.1) is 0 Å². The van der Waals surface area contributed by atoms with Crippen molar-refractivity contribution in [2.24, 2.45) is 7.05 Å². The van der Waals surface area contributed by atoms with Gasteiger partial charge in [-0.2, -0.15) is 15.3 Å². The van der Waals surface area contributed by atoms with Crippen molar-refractivity contribution in [3.05, 3.63) is 39.4 Å². The predicted molar refractivity (Wildman–Crippen MR) is 87.2 cm³/mol. The van der Waals surface area contributed by atoms with Crippen LogP contribution in [0.4, 0.5) is 0 Å². The monoisotopic (exact) mass is 351 g/mol. The second-order valence-corrected chi connectivity index (χ2v) is 5.98. The van der Waals surface area contributed by atoms with Crippen molar-refractivity contribution in [2.75, 3.05) is 6.54 Å². The van der Waals surface area contributed by atoms with Crippen molar-refractivity contribution >= 4 is 15.9 Å². The van der Waals surface area contributed by atoms with Crippen LogP contribution in [0.3, 0.4) is 0 Å². The van der Waals surface area contributed by atoms with E-state index in [0.717, 1.165) is 40.9 Å². The smallest absolute Gasteiger partial charge is 0.0778 e. The summed E-state index contributed by atoms with van der Waals surface area (Å²) in [5, 5.41) is 16.5. The lowest BCUT2D eigenvalue weighted by Crippen LogP contribution is -2.27. The maximum Gasteiger partial charge on any atom is 0.0778 e. The lowest BCUT2D eigenvalue weighted by Gasteiger charge is -2.22. The van der Waals surface area contributed by atoms with Gasteiger partial charge in [-0.25, -0.2) is 0 Å². The Labute approximate surface area is 134 Å². The third-order valence-electron chi connectivity index (χ3n) is 3.48. The molecule has 0 saturated heterocycles. The molecule has 0 aliphatic heterocycles. The van der Waals surface area contributed by atoms with Crippen LogP contribution in [0.1, 0.15) is 49.0 Å². The number of rotatable bonds is 6. The fourth-order valence-corrected chi connectivity index (χ4v) is 3.02. The highest BCUT2D eigenvalue weighted by atomic mass is 79.9. The molecule has 21 heavy (non-hydrogen) atoms. The van der Waals surface area contributed by atoms with E-state index in [2.05, 4.69) is 56.5 Å². The highest BCUT2D eigenvalue weighted by Crippen LogP contribution is 2.30. The van der Waals surface area contributed by atoms with E-state index in [1.54, 1.807) is 0 Å². The molecule has 0 aromatic carbocycles. The first-order valence-corrected chi connectivity index (χ1v) is 8.11. The summed E-state index contributed by atoms with van der Waals surface area (Å²) in [6.07, 6.45) is 3.77. The summed E-state index contributed by atoms with van der Waals surface area (Å²) in [4.78, 5) is 0. The van der Waals surface area contributed by atoms with Crippen LogP contribution in [0.25, 0.3) is 0 Å². The average molecular weight is 352 g/mol. The van der Waals surface area contributed by atoms with Gasteiger partial charge in [0.25, 0.3) is 0 Å². The fourth-order valence-electron chi connectivity index (χ4n) is 2.45. The van der Waals surface area contributed by atoms with Crippen molar-refractivity contribution in [1.82, 2.24) is 25.3 Å². The number of nitrogens with zero attached hydrogens (tertiary/aromatic N) is 4. The van der Waals surface area contributed by atoms with Gasteiger partial charge in [-0.1, -0.05) is 13.8 Å². The molecule has 0 amide bonds. The zero-order valence-corrected chi connectivity index (χ0v) is 14.6. The molecule has 6 heteroatoms. The third-order valence-corrected chi connectivity index (χ3v) is 4.09. The molecule has 2 aromatic heterocycles. The number of hydrogen-bond donors (Lipinski definition) is 1. The molecule has 0 aliphatic rings. The van der Waals surface area contributed by atoms with E-state index in [4.69, 9.17) is 0 Å². The Hall–Kier alpha value is -1.27. The van der Waals surface area contributed by atoms with Gasteiger partial charge in [0.2, 0.25) is 0 Å². The molecule has 1 atom stereocenters. The first-order valence-electron chi connectivity index (χ1n) is 7.32. The Morgan fingerprint density at radius 1 is 1.33 bits per heavy atom. The minimum atomic E-state index is 0.0657. The Morgan fingerprint density at radius 2 is 2.10 bits per heavy atom. The van der Waals surface area contributed by atoms with Crippen LogP contribution in [0.2, 0.25) is 0 Å². The zero-order valence-electron chi connectivity index (χ0n) is 13.0. The van der Waals surface area contributed by atoms with Crippen molar-refractivity contribution < 1.29 is 0 Å². The quantitative estimate of drug-likeness (QED) is 0.869. The van der Waals surface area contributed by atoms with Crippen molar-refractivity contribution in [2.45, 2.75) is 39.7 Å². The normalized spacial score (nSPS) is 12.6. The van der Waals surface area contributed by atoms with Gasteiger partial charge in [-0.3, -0.25) is 4.68 Å². The van der Waals surface area contributed by atoms with Gasteiger partial charge in [0.15, 0.2) is 0 Å². The number of aromatic nitrogens is 4. The Morgan fingerprint density at radius 3 is 2.67 bits per heavy atom. The molecule has 114 valence electrons. The van der Waals surface area contributed by atoms with Gasteiger partial charge in [0.05, 0.1) is 33.8 Å². The number of hydrogen-bond acceptors (Lipinski definition) is 4. The molecular weight excluding hydrogens is 330 g/mol. The zero-order chi connectivity index (χ0) is 15.4. The van der Waals surface area contributed by atoms with E-state index < -0.39 is 0 Å². The molecule has 2 aromatic rings. The van der Waals surface area contributed by atoms with Crippen LogP contribution in [-0.2, 0) is 13.5 Å². The molecule has 5 nitrogen and oxygen atoms in total. The van der Waals surface area contributed by atoms with Crippen LogP contribution in [0.5, 0.6) is 0 Å². The molecule has 2 rings (SSSR count). The van der Waals surface area contributed by atoms with Gasteiger partial charge in [-0.05, 0) is 48.3 Å². The Bertz CT molecular complexity index is 589. The number of nitrogens with one attached hydrogen (secondary N) is 1. The lowest BCUT2D eigenvalue weighted by molar-refractivity contribution is 0.544. The molecule has 0 saturated carbocycles. The van der Waals surface area contributed by atoms with Gasteiger partial charge in [0, 0.05) is 12.6 Å². The fraction of sp³-hybridized carbons (Fsp3) is 0.533. The molecule has 2 heterocycles. The van der Waals surface area contributed by atoms with Gasteiger partial charge < -0.3 is 5.32 Å². The highest BCUT2D eigenvalue weighted by Gasteiger charge is 2.23. The van der Waals surface area contributed by atoms with E-state index >= 15 is 0 Å². The molecule has 0 spiro atoms. The van der Waals surface area contributed by atoms with E-state index in [1.165, 1.54) is 5.56 Å². The molecule has 0 fully saturated rings. The minimum Gasteiger partial charge on any atom is -0.305 e. The standard InChI is InChI=1S/C15H22BrN5/c1-5-7-17-14(15-12(16)9-18-21(15)4)11-8-10(3)19-20-13(11)6-2/h8-9,14,17H,5-7H2,1-4H3. The summed E-state index contributed by atoms with van der Waals surface area (Å²) in [6.45, 7) is 7.19. The van der Waals surface area contributed by atoms with Crippen LogP contribution < -0.4 is 5.32 Å². The second-order valence-electron chi connectivity index (χ2n) is 5.13. The van der Waals surface area contributed by atoms with Crippen molar-refractivity contribution in [1.29, 1.82) is 0 Å². The van der Waals surface area contributed by atoms with Crippen LogP contribution >= 0.6 is 15.9 Å². The van der Waals surface area contributed by atoms with E-state index in [0.29, 0.717) is 0 Å². The molecule has 0 radical (unpaired) electrons. The van der Waals surface area contributed by atoms with E-state index in [1.807, 2.05) is 24.9 Å². The Kier molecular flexibility index (Phi) is 5.47. The minimum absolute atomic E-state index is 0.0657. The molecule has 1 unspecified atom stereocenters. The van der Waals surface area contributed by atoms with Crippen molar-refractivity contribution in [3.8, 4) is 0 Å². The average Bonchev–Trinajstić information content (AvgIpc) is 2.80. The van der Waals surface area contributed by atoms with E-state index in [-0.39, 0.29) is 6.04 Å². The van der Waals surface area contributed by atoms with Crippen LogP contribution in [-0.4, -0.2) is 26.5 Å². The summed E-state index contributed by atoms with van der Waals surface area (Å²) in [5.74, 6) is 0. The van der Waals surface area contributed by atoms with E-state index in [9.17, 15) is 0 Å². The third kappa shape index (κ3) is 3.49. The first-order chi connectivity index (χ1) is 10.1. The SMILES string of the molecule is CCCNC(c1cc(C)nnc1CC)c1c(Br)cnn1C. The topological polar surface area (TPSA) is 55.6 Å². The lowest BCUT2D eigenvalue weighted by atomic mass is 10.00. The number of aryl methyl sites for hydroxylation is 3. The molecule has 0 bridgehead atoms. The van der Waals surface area contributed by atoms with Gasteiger partial charge in [0.1, 0.15) is 0 Å². The summed E-state index contributed by atoms with van der Waals surface area (Å²) in [6, 6.07) is 2.19. The van der Waals surface area contributed by atoms with Crippen LogP contribution in [0, 0.1) is 6.92 Å². The molecular formula is C15H22BrN5.